The summed E-state index contributed by atoms with van der Waals surface area (Å²) < 4.78 is 0.855. The Morgan fingerprint density at radius 2 is 2.07 bits per heavy atom. The van der Waals surface area contributed by atoms with Crippen LogP contribution in [0.15, 0.2) is 22.9 Å². The molecule has 0 aliphatic rings. The molecule has 1 heterocycles. The normalized spacial score (nSPS) is 12.4. The van der Waals surface area contributed by atoms with Crippen molar-refractivity contribution < 1.29 is 0 Å². The molecule has 0 aliphatic heterocycles. The van der Waals surface area contributed by atoms with Crippen LogP contribution in [0, 0.1) is 5.92 Å². The third-order valence-corrected chi connectivity index (χ3v) is 2.37. The minimum atomic E-state index is 0. The van der Waals surface area contributed by atoms with E-state index < -0.39 is 0 Å². The summed E-state index contributed by atoms with van der Waals surface area (Å²) in [5.74, 6) is 0.624. The minimum Gasteiger partial charge on any atom is -0.324 e. The van der Waals surface area contributed by atoms with Crippen LogP contribution < -0.4 is 5.73 Å². The maximum absolute atomic E-state index is 5.99. The molecule has 0 aliphatic carbocycles. The first-order chi connectivity index (χ1) is 6.09. The molecule has 0 amide bonds. The summed E-state index contributed by atoms with van der Waals surface area (Å²) in [4.78, 5) is 4.14. The van der Waals surface area contributed by atoms with Gasteiger partial charge in [-0.1, -0.05) is 19.9 Å². The molecule has 4 heteroatoms. The second kappa shape index (κ2) is 6.38. The van der Waals surface area contributed by atoms with Crippen LogP contribution in [-0.4, -0.2) is 4.98 Å². The molecule has 0 unspecified atom stereocenters. The van der Waals surface area contributed by atoms with E-state index in [0.717, 1.165) is 16.6 Å². The van der Waals surface area contributed by atoms with E-state index in [2.05, 4.69) is 34.8 Å². The second-order valence-corrected chi connectivity index (χ2v) is 4.46. The third-order valence-electron chi connectivity index (χ3n) is 1.90. The summed E-state index contributed by atoms with van der Waals surface area (Å²) >= 11 is 3.29. The second-order valence-electron chi connectivity index (χ2n) is 3.65. The van der Waals surface area contributed by atoms with E-state index in [9.17, 15) is 0 Å². The Kier molecular flexibility index (Phi) is 6.33. The topological polar surface area (TPSA) is 38.9 Å². The van der Waals surface area contributed by atoms with Gasteiger partial charge in [-0.3, -0.25) is 0 Å². The van der Waals surface area contributed by atoms with Crippen molar-refractivity contribution in [3.05, 3.63) is 28.5 Å². The number of halogens is 2. The molecule has 1 aromatic heterocycles. The van der Waals surface area contributed by atoms with Crippen molar-refractivity contribution >= 4 is 28.3 Å². The maximum Gasteiger partial charge on any atom is 0.106 e. The number of nitrogens with two attached hydrogens (primary N) is 1. The average molecular weight is 280 g/mol. The standard InChI is InChI=1S/C10H15BrN2.ClH/c1-7(2)5-9(12)8-3-4-10(11)13-6-8;/h3-4,6-7,9H,5,12H2,1-2H3;1H/t9-;/m0./s1. The van der Waals surface area contributed by atoms with E-state index in [1.54, 1.807) is 0 Å². The zero-order chi connectivity index (χ0) is 9.84. The van der Waals surface area contributed by atoms with Crippen molar-refractivity contribution in [1.29, 1.82) is 0 Å². The van der Waals surface area contributed by atoms with Gasteiger partial charge < -0.3 is 5.73 Å². The van der Waals surface area contributed by atoms with Gasteiger partial charge in [-0.25, -0.2) is 4.98 Å². The van der Waals surface area contributed by atoms with Gasteiger partial charge in [0.05, 0.1) is 0 Å². The smallest absolute Gasteiger partial charge is 0.106 e. The molecule has 2 N–H and O–H groups in total. The van der Waals surface area contributed by atoms with Crippen molar-refractivity contribution in [3.63, 3.8) is 0 Å². The fraction of sp³-hybridized carbons (Fsp3) is 0.500. The first kappa shape index (κ1) is 13.9. The van der Waals surface area contributed by atoms with Gasteiger partial charge in [0.2, 0.25) is 0 Å². The Labute approximate surface area is 99.8 Å². The highest BCUT2D eigenvalue weighted by molar-refractivity contribution is 9.10. The number of hydrogen-bond acceptors (Lipinski definition) is 2. The number of aromatic nitrogens is 1. The molecule has 0 saturated carbocycles. The van der Waals surface area contributed by atoms with Gasteiger partial charge in [-0.05, 0) is 39.9 Å². The van der Waals surface area contributed by atoms with Crippen LogP contribution in [-0.2, 0) is 0 Å². The molecule has 0 fully saturated rings. The number of nitrogens with zero attached hydrogens (tertiary/aromatic N) is 1. The fourth-order valence-electron chi connectivity index (χ4n) is 1.25. The monoisotopic (exact) mass is 278 g/mol. The average Bonchev–Trinajstić information content (AvgIpc) is 2.04. The summed E-state index contributed by atoms with van der Waals surface area (Å²) in [6.07, 6.45) is 2.83. The van der Waals surface area contributed by atoms with E-state index in [1.165, 1.54) is 0 Å². The summed E-state index contributed by atoms with van der Waals surface area (Å²) in [5.41, 5.74) is 7.10. The maximum atomic E-state index is 5.99. The predicted molar refractivity (Wildman–Crippen MR) is 65.6 cm³/mol. The van der Waals surface area contributed by atoms with Crippen molar-refractivity contribution in [2.24, 2.45) is 11.7 Å². The van der Waals surface area contributed by atoms with E-state index >= 15 is 0 Å². The van der Waals surface area contributed by atoms with Crippen LogP contribution in [0.3, 0.4) is 0 Å². The molecule has 0 saturated heterocycles. The Bertz CT molecular complexity index is 261. The molecule has 0 spiro atoms. The van der Waals surface area contributed by atoms with Crippen LogP contribution >= 0.6 is 28.3 Å². The Balaban J connectivity index is 0.00000169. The van der Waals surface area contributed by atoms with Crippen molar-refractivity contribution in [1.82, 2.24) is 4.98 Å². The highest BCUT2D eigenvalue weighted by atomic mass is 79.9. The first-order valence-electron chi connectivity index (χ1n) is 4.46. The van der Waals surface area contributed by atoms with Gasteiger partial charge in [0.1, 0.15) is 4.60 Å². The molecule has 0 radical (unpaired) electrons. The van der Waals surface area contributed by atoms with Gasteiger partial charge in [-0.15, -0.1) is 12.4 Å². The van der Waals surface area contributed by atoms with Gasteiger partial charge >= 0.3 is 0 Å². The van der Waals surface area contributed by atoms with Gasteiger partial charge in [0.15, 0.2) is 0 Å². The summed E-state index contributed by atoms with van der Waals surface area (Å²) in [6, 6.07) is 4.06. The van der Waals surface area contributed by atoms with Gasteiger partial charge in [0, 0.05) is 12.2 Å². The zero-order valence-corrected chi connectivity index (χ0v) is 10.8. The number of hydrogen-bond donors (Lipinski definition) is 1. The van der Waals surface area contributed by atoms with E-state index in [4.69, 9.17) is 5.73 Å². The SMILES string of the molecule is CC(C)C[C@H](N)c1ccc(Br)nc1.Cl. The molecular formula is C10H16BrClN2. The van der Waals surface area contributed by atoms with Crippen LogP contribution in [0.4, 0.5) is 0 Å². The first-order valence-corrected chi connectivity index (χ1v) is 5.26. The molecular weight excluding hydrogens is 263 g/mol. The van der Waals surface area contributed by atoms with E-state index in [1.807, 2.05) is 18.3 Å². The van der Waals surface area contributed by atoms with Gasteiger partial charge in [0.25, 0.3) is 0 Å². The number of rotatable bonds is 3. The Morgan fingerprint density at radius 1 is 1.43 bits per heavy atom. The van der Waals surface area contributed by atoms with Crippen molar-refractivity contribution in [2.45, 2.75) is 26.3 Å². The van der Waals surface area contributed by atoms with Gasteiger partial charge in [-0.2, -0.15) is 0 Å². The molecule has 1 atom stereocenters. The summed E-state index contributed by atoms with van der Waals surface area (Å²) in [6.45, 7) is 4.35. The van der Waals surface area contributed by atoms with Crippen LogP contribution in [0.2, 0.25) is 0 Å². The predicted octanol–water partition coefficient (Wildman–Crippen LogP) is 3.31. The van der Waals surface area contributed by atoms with Crippen LogP contribution in [0.1, 0.15) is 31.9 Å². The highest BCUT2D eigenvalue weighted by Crippen LogP contribution is 2.18. The molecule has 0 bridgehead atoms. The zero-order valence-electron chi connectivity index (χ0n) is 8.40. The Morgan fingerprint density at radius 3 is 2.50 bits per heavy atom. The number of pyridine rings is 1. The molecule has 2 nitrogen and oxygen atoms in total. The quantitative estimate of drug-likeness (QED) is 0.862. The van der Waals surface area contributed by atoms with Crippen molar-refractivity contribution in [3.8, 4) is 0 Å². The molecule has 1 rings (SSSR count). The summed E-state index contributed by atoms with van der Waals surface area (Å²) in [5, 5.41) is 0. The minimum absolute atomic E-state index is 0. The van der Waals surface area contributed by atoms with E-state index in [-0.39, 0.29) is 18.4 Å². The van der Waals surface area contributed by atoms with Crippen LogP contribution in [0.5, 0.6) is 0 Å². The molecule has 14 heavy (non-hydrogen) atoms. The largest absolute Gasteiger partial charge is 0.324 e. The molecule has 80 valence electrons. The lowest BCUT2D eigenvalue weighted by Gasteiger charge is -2.13. The highest BCUT2D eigenvalue weighted by Gasteiger charge is 2.07. The van der Waals surface area contributed by atoms with Crippen molar-refractivity contribution in [2.75, 3.05) is 0 Å². The molecule has 1 aromatic rings. The fourth-order valence-corrected chi connectivity index (χ4v) is 1.49. The lowest BCUT2D eigenvalue weighted by atomic mass is 9.99. The lowest BCUT2D eigenvalue weighted by molar-refractivity contribution is 0.509. The van der Waals surface area contributed by atoms with Crippen LogP contribution in [0.25, 0.3) is 0 Å². The Hall–Kier alpha value is -0.120. The third kappa shape index (κ3) is 4.40. The lowest BCUT2D eigenvalue weighted by Crippen LogP contribution is -2.12. The van der Waals surface area contributed by atoms with E-state index in [0.29, 0.717) is 5.92 Å². The molecule has 0 aromatic carbocycles. The summed E-state index contributed by atoms with van der Waals surface area (Å²) in [7, 11) is 0.